The molecule has 3 aromatic heterocycles. The van der Waals surface area contributed by atoms with Crippen LogP contribution >= 0.6 is 23.1 Å². The Bertz CT molecular complexity index is 1160. The Kier molecular flexibility index (Phi) is 6.29. The number of fused-ring (bicyclic) bond motifs is 1. The van der Waals surface area contributed by atoms with E-state index in [1.807, 2.05) is 54.8 Å². The third-order valence-corrected chi connectivity index (χ3v) is 7.28. The Hall–Kier alpha value is -2.62. The average molecular weight is 469 g/mol. The van der Waals surface area contributed by atoms with Gasteiger partial charge in [-0.2, -0.15) is 0 Å². The van der Waals surface area contributed by atoms with E-state index in [0.29, 0.717) is 6.54 Å². The number of hydrogen-bond acceptors (Lipinski definition) is 7. The van der Waals surface area contributed by atoms with Gasteiger partial charge in [0.15, 0.2) is 11.0 Å². The summed E-state index contributed by atoms with van der Waals surface area (Å²) in [6.07, 6.45) is 2.26. The molecule has 1 aromatic carbocycles. The first-order valence-corrected chi connectivity index (χ1v) is 12.5. The van der Waals surface area contributed by atoms with Crippen LogP contribution in [0.1, 0.15) is 31.6 Å². The second-order valence-electron chi connectivity index (χ2n) is 7.79. The molecule has 32 heavy (non-hydrogen) atoms. The number of benzene rings is 1. The van der Waals surface area contributed by atoms with E-state index in [2.05, 4.69) is 20.1 Å². The first-order valence-electron chi connectivity index (χ1n) is 10.7. The number of aromatic nitrogens is 3. The van der Waals surface area contributed by atoms with Gasteiger partial charge in [0.05, 0.1) is 29.3 Å². The number of nitrogens with zero attached hydrogens (tertiary/aromatic N) is 3. The van der Waals surface area contributed by atoms with Crippen LogP contribution in [0.2, 0.25) is 0 Å². The second-order valence-corrected chi connectivity index (χ2v) is 9.68. The number of thioether (sulfide) groups is 1. The van der Waals surface area contributed by atoms with Gasteiger partial charge < -0.3 is 14.5 Å². The minimum Gasteiger partial charge on any atom is -0.459 e. The highest BCUT2D eigenvalue weighted by Crippen LogP contribution is 2.29. The molecule has 2 atom stereocenters. The lowest BCUT2D eigenvalue weighted by Gasteiger charge is -2.14. The molecule has 9 heteroatoms. The Balaban J connectivity index is 1.25. The number of carbonyl (C=O) groups excluding carboxylic acids is 1. The third-order valence-electron chi connectivity index (χ3n) is 5.45. The molecule has 1 saturated heterocycles. The minimum absolute atomic E-state index is 0.0766. The largest absolute Gasteiger partial charge is 0.459 e. The zero-order valence-electron chi connectivity index (χ0n) is 17.7. The van der Waals surface area contributed by atoms with E-state index in [1.54, 1.807) is 11.3 Å². The van der Waals surface area contributed by atoms with Crippen molar-refractivity contribution in [1.29, 1.82) is 0 Å². The summed E-state index contributed by atoms with van der Waals surface area (Å²) in [6, 6.07) is 13.6. The van der Waals surface area contributed by atoms with E-state index in [0.717, 1.165) is 52.0 Å². The summed E-state index contributed by atoms with van der Waals surface area (Å²) >= 11 is 3.02. The molecule has 1 fully saturated rings. The molecule has 0 spiro atoms. The molecule has 0 bridgehead atoms. The molecular weight excluding hydrogens is 444 g/mol. The van der Waals surface area contributed by atoms with Gasteiger partial charge in [-0.15, -0.1) is 21.5 Å². The number of rotatable bonds is 8. The van der Waals surface area contributed by atoms with E-state index in [4.69, 9.17) is 9.15 Å². The fourth-order valence-corrected chi connectivity index (χ4v) is 5.32. The molecule has 4 aromatic rings. The molecule has 7 nitrogen and oxygen atoms in total. The lowest BCUT2D eigenvalue weighted by atomic mass is 10.2. The Morgan fingerprint density at radius 1 is 1.31 bits per heavy atom. The van der Waals surface area contributed by atoms with Crippen LogP contribution in [0, 0.1) is 0 Å². The monoisotopic (exact) mass is 468 g/mol. The zero-order chi connectivity index (χ0) is 21.9. The number of carbonyl (C=O) groups is 1. The van der Waals surface area contributed by atoms with Gasteiger partial charge in [-0.25, -0.2) is 0 Å². The van der Waals surface area contributed by atoms with Gasteiger partial charge in [0.1, 0.15) is 11.3 Å². The lowest BCUT2D eigenvalue weighted by molar-refractivity contribution is -0.119. The number of hydrogen-bond donors (Lipinski definition) is 1. The number of nitrogens with one attached hydrogen (secondary N) is 1. The molecule has 166 valence electrons. The summed E-state index contributed by atoms with van der Waals surface area (Å²) in [5.41, 5.74) is 0.821. The van der Waals surface area contributed by atoms with Crippen LogP contribution in [0.5, 0.6) is 0 Å². The third kappa shape index (κ3) is 4.60. The molecule has 0 aliphatic carbocycles. The Morgan fingerprint density at radius 2 is 2.22 bits per heavy atom. The fraction of sp³-hybridized carbons (Fsp3) is 0.348. The van der Waals surface area contributed by atoms with Crippen LogP contribution in [-0.4, -0.2) is 39.1 Å². The van der Waals surface area contributed by atoms with Crippen molar-refractivity contribution in [2.45, 2.75) is 43.6 Å². The summed E-state index contributed by atoms with van der Waals surface area (Å²) in [4.78, 5) is 13.7. The summed E-state index contributed by atoms with van der Waals surface area (Å²) < 4.78 is 13.8. The number of thiophene rings is 1. The van der Waals surface area contributed by atoms with Crippen LogP contribution in [0.3, 0.4) is 0 Å². The van der Waals surface area contributed by atoms with Gasteiger partial charge in [-0.05, 0) is 43.3 Å². The molecule has 2 unspecified atom stereocenters. The molecule has 1 aliphatic rings. The lowest BCUT2D eigenvalue weighted by Crippen LogP contribution is -2.28. The maximum absolute atomic E-state index is 12.7. The van der Waals surface area contributed by atoms with Gasteiger partial charge in [-0.3, -0.25) is 9.36 Å². The van der Waals surface area contributed by atoms with Crippen molar-refractivity contribution < 1.29 is 13.9 Å². The molecule has 1 aliphatic heterocycles. The summed E-state index contributed by atoms with van der Waals surface area (Å²) in [5, 5.41) is 15.6. The highest BCUT2D eigenvalue weighted by atomic mass is 32.2. The molecule has 5 rings (SSSR count). The predicted octanol–water partition coefficient (Wildman–Crippen LogP) is 4.90. The van der Waals surface area contributed by atoms with Gasteiger partial charge in [-0.1, -0.05) is 36.0 Å². The van der Waals surface area contributed by atoms with Crippen LogP contribution in [0.4, 0.5) is 0 Å². The minimum atomic E-state index is -0.220. The summed E-state index contributed by atoms with van der Waals surface area (Å²) in [5.74, 6) is 1.74. The SMILES string of the molecule is CC(NC(=O)CSc1nnc(-c2cccs2)n1CC1CCCO1)c1cc2ccccc2o1. The van der Waals surface area contributed by atoms with E-state index in [1.165, 1.54) is 11.8 Å². The molecule has 1 amide bonds. The molecule has 1 N–H and O–H groups in total. The molecular formula is C23H24N4O3S2. The molecule has 0 saturated carbocycles. The van der Waals surface area contributed by atoms with Crippen molar-refractivity contribution in [2.75, 3.05) is 12.4 Å². The van der Waals surface area contributed by atoms with Crippen molar-refractivity contribution in [1.82, 2.24) is 20.1 Å². The van der Waals surface area contributed by atoms with Crippen molar-refractivity contribution in [3.05, 3.63) is 53.6 Å². The van der Waals surface area contributed by atoms with Gasteiger partial charge >= 0.3 is 0 Å². The average Bonchev–Trinajstić information content (AvgIpc) is 3.59. The van der Waals surface area contributed by atoms with Crippen molar-refractivity contribution >= 4 is 40.0 Å². The number of furan rings is 1. The highest BCUT2D eigenvalue weighted by Gasteiger charge is 2.23. The van der Waals surface area contributed by atoms with Gasteiger partial charge in [0.2, 0.25) is 5.91 Å². The highest BCUT2D eigenvalue weighted by molar-refractivity contribution is 7.99. The quantitative estimate of drug-likeness (QED) is 0.370. The van der Waals surface area contributed by atoms with Gasteiger partial charge in [0, 0.05) is 12.0 Å². The van der Waals surface area contributed by atoms with E-state index < -0.39 is 0 Å². The van der Waals surface area contributed by atoms with Crippen molar-refractivity contribution in [2.24, 2.45) is 0 Å². The maximum Gasteiger partial charge on any atom is 0.231 e. The van der Waals surface area contributed by atoms with Gasteiger partial charge in [0.25, 0.3) is 0 Å². The normalized spacial score (nSPS) is 17.1. The number of amides is 1. The van der Waals surface area contributed by atoms with Crippen LogP contribution < -0.4 is 5.32 Å². The summed E-state index contributed by atoms with van der Waals surface area (Å²) in [7, 11) is 0. The Morgan fingerprint density at radius 3 is 3.00 bits per heavy atom. The standard InChI is InChI=1S/C23H24N4O3S2/c1-15(19-12-16-6-2-3-8-18(16)30-19)24-21(28)14-32-23-26-25-22(20-9-5-11-31-20)27(23)13-17-7-4-10-29-17/h2-3,5-6,8-9,11-12,15,17H,4,7,10,13-14H2,1H3,(H,24,28). The van der Waals surface area contributed by atoms with Crippen molar-refractivity contribution in [3.8, 4) is 10.7 Å². The second kappa shape index (κ2) is 9.48. The van der Waals surface area contributed by atoms with Crippen LogP contribution in [0.25, 0.3) is 21.7 Å². The van der Waals surface area contributed by atoms with E-state index in [9.17, 15) is 4.79 Å². The van der Waals surface area contributed by atoms with Crippen molar-refractivity contribution in [3.63, 3.8) is 0 Å². The number of para-hydroxylation sites is 1. The summed E-state index contributed by atoms with van der Waals surface area (Å²) in [6.45, 7) is 3.42. The fourth-order valence-electron chi connectivity index (χ4n) is 3.84. The smallest absolute Gasteiger partial charge is 0.231 e. The van der Waals surface area contributed by atoms with Crippen LogP contribution in [-0.2, 0) is 16.1 Å². The molecule has 0 radical (unpaired) electrons. The topological polar surface area (TPSA) is 82.2 Å². The molecule has 4 heterocycles. The van der Waals surface area contributed by atoms with E-state index in [-0.39, 0.29) is 23.8 Å². The zero-order valence-corrected chi connectivity index (χ0v) is 19.3. The predicted molar refractivity (Wildman–Crippen MR) is 126 cm³/mol. The van der Waals surface area contributed by atoms with E-state index >= 15 is 0 Å². The number of ether oxygens (including phenoxy) is 1. The first-order chi connectivity index (χ1) is 15.7. The Labute approximate surface area is 194 Å². The maximum atomic E-state index is 12.7. The van der Waals surface area contributed by atoms with Crippen LogP contribution in [0.15, 0.2) is 57.4 Å². The first kappa shape index (κ1) is 21.2.